The molecule has 0 bridgehead atoms. The predicted octanol–water partition coefficient (Wildman–Crippen LogP) is 1.82. The highest BCUT2D eigenvalue weighted by atomic mass is 16.6. The summed E-state index contributed by atoms with van der Waals surface area (Å²) in [6.45, 7) is 3.39. The fraction of sp³-hybridized carbons (Fsp3) is 0.474. The fourth-order valence-electron chi connectivity index (χ4n) is 2.77. The minimum absolute atomic E-state index is 0.328. The van der Waals surface area contributed by atoms with Crippen LogP contribution in [0.15, 0.2) is 30.3 Å². The summed E-state index contributed by atoms with van der Waals surface area (Å²) in [6, 6.07) is 7.80. The Morgan fingerprint density at radius 1 is 1.38 bits per heavy atom. The second-order valence-electron chi connectivity index (χ2n) is 6.03. The molecule has 26 heavy (non-hydrogen) atoms. The molecule has 2 rings (SSSR count). The van der Waals surface area contributed by atoms with Crippen molar-refractivity contribution in [2.45, 2.75) is 18.9 Å². The lowest BCUT2D eigenvalue weighted by Gasteiger charge is -2.15. The standard InChI is InChI=1S/C19H25NO6/c1-24-16-7-2-5-15(13-16)6-3-11-25-12-4-9-20-10-8-17(14-20)26-19(23)18(21)22/h2-3,5-7,13,17H,4,8-12,14H2,1H3,(H,21,22)/b6-3+. The Morgan fingerprint density at radius 2 is 2.23 bits per heavy atom. The van der Waals surface area contributed by atoms with Gasteiger partial charge in [-0.1, -0.05) is 24.3 Å². The van der Waals surface area contributed by atoms with Crippen LogP contribution in [0, 0.1) is 0 Å². The van der Waals surface area contributed by atoms with Crippen LogP contribution in [-0.2, 0) is 19.1 Å². The van der Waals surface area contributed by atoms with Gasteiger partial charge >= 0.3 is 11.9 Å². The monoisotopic (exact) mass is 363 g/mol. The third-order valence-electron chi connectivity index (χ3n) is 4.06. The summed E-state index contributed by atoms with van der Waals surface area (Å²) in [5.41, 5.74) is 1.06. The smallest absolute Gasteiger partial charge is 0.417 e. The zero-order valence-electron chi connectivity index (χ0n) is 14.9. The number of ether oxygens (including phenoxy) is 3. The molecule has 0 aliphatic carbocycles. The van der Waals surface area contributed by atoms with Crippen molar-refractivity contribution in [3.8, 4) is 5.75 Å². The first kappa shape index (κ1) is 19.9. The van der Waals surface area contributed by atoms with Gasteiger partial charge in [0.25, 0.3) is 0 Å². The number of hydrogen-bond donors (Lipinski definition) is 1. The average molecular weight is 363 g/mol. The predicted molar refractivity (Wildman–Crippen MR) is 96.0 cm³/mol. The van der Waals surface area contributed by atoms with E-state index in [9.17, 15) is 9.59 Å². The summed E-state index contributed by atoms with van der Waals surface area (Å²) in [5, 5.41) is 8.53. The fourth-order valence-corrected chi connectivity index (χ4v) is 2.77. The highest BCUT2D eigenvalue weighted by molar-refractivity contribution is 6.28. The molecule has 1 unspecified atom stereocenters. The number of aliphatic carboxylic acids is 1. The molecule has 1 heterocycles. The minimum atomic E-state index is -1.54. The molecule has 0 saturated carbocycles. The third kappa shape index (κ3) is 6.85. The maximum atomic E-state index is 11.0. The first-order valence-corrected chi connectivity index (χ1v) is 8.63. The van der Waals surface area contributed by atoms with Crippen LogP contribution in [0.1, 0.15) is 18.4 Å². The minimum Gasteiger partial charge on any atom is -0.497 e. The molecule has 1 atom stereocenters. The van der Waals surface area contributed by atoms with Crippen molar-refractivity contribution in [2.24, 2.45) is 0 Å². The molecule has 0 spiro atoms. The van der Waals surface area contributed by atoms with Gasteiger partial charge in [0.2, 0.25) is 0 Å². The topological polar surface area (TPSA) is 85.3 Å². The van der Waals surface area contributed by atoms with Crippen LogP contribution in [0.3, 0.4) is 0 Å². The van der Waals surface area contributed by atoms with Crippen LogP contribution >= 0.6 is 0 Å². The number of carboxylic acid groups (broad SMARTS) is 1. The first-order chi connectivity index (χ1) is 12.6. The van der Waals surface area contributed by atoms with Gasteiger partial charge in [-0.15, -0.1) is 0 Å². The quantitative estimate of drug-likeness (QED) is 0.407. The largest absolute Gasteiger partial charge is 0.497 e. The molecule has 1 N–H and O–H groups in total. The van der Waals surface area contributed by atoms with Crippen molar-refractivity contribution in [3.05, 3.63) is 35.9 Å². The molecule has 1 aliphatic rings. The third-order valence-corrected chi connectivity index (χ3v) is 4.06. The molecule has 7 heteroatoms. The van der Waals surface area contributed by atoms with E-state index in [4.69, 9.17) is 19.3 Å². The number of nitrogens with zero attached hydrogens (tertiary/aromatic N) is 1. The summed E-state index contributed by atoms with van der Waals surface area (Å²) in [5.74, 6) is -1.90. The van der Waals surface area contributed by atoms with E-state index in [1.54, 1.807) is 7.11 Å². The summed E-state index contributed by atoms with van der Waals surface area (Å²) >= 11 is 0. The Hall–Kier alpha value is -2.38. The van der Waals surface area contributed by atoms with E-state index in [1.807, 2.05) is 36.4 Å². The lowest BCUT2D eigenvalue weighted by atomic mass is 10.2. The molecule has 142 valence electrons. The maximum absolute atomic E-state index is 11.0. The van der Waals surface area contributed by atoms with Gasteiger partial charge in [0.05, 0.1) is 13.7 Å². The molecule has 1 aromatic rings. The second kappa shape index (κ2) is 10.6. The number of carbonyl (C=O) groups is 2. The van der Waals surface area contributed by atoms with Crippen molar-refractivity contribution in [1.29, 1.82) is 0 Å². The average Bonchev–Trinajstić information content (AvgIpc) is 3.08. The number of esters is 1. The van der Waals surface area contributed by atoms with Crippen LogP contribution in [0.4, 0.5) is 0 Å². The van der Waals surface area contributed by atoms with Crippen LogP contribution in [0.25, 0.3) is 6.08 Å². The molecular weight excluding hydrogens is 338 g/mol. The van der Waals surface area contributed by atoms with Crippen molar-refractivity contribution in [2.75, 3.05) is 40.0 Å². The Balaban J connectivity index is 1.55. The molecular formula is C19H25NO6. The Bertz CT molecular complexity index is 630. The molecule has 1 saturated heterocycles. The Kier molecular flexibility index (Phi) is 8.11. The van der Waals surface area contributed by atoms with E-state index in [-0.39, 0.29) is 6.10 Å². The van der Waals surface area contributed by atoms with E-state index >= 15 is 0 Å². The van der Waals surface area contributed by atoms with Gasteiger partial charge in [-0.05, 0) is 30.5 Å². The van der Waals surface area contributed by atoms with E-state index in [0.29, 0.717) is 26.2 Å². The highest BCUT2D eigenvalue weighted by Crippen LogP contribution is 2.14. The van der Waals surface area contributed by atoms with Crippen LogP contribution in [0.2, 0.25) is 0 Å². The van der Waals surface area contributed by atoms with Crippen molar-refractivity contribution in [3.63, 3.8) is 0 Å². The molecule has 0 aromatic heterocycles. The molecule has 0 amide bonds. The second-order valence-corrected chi connectivity index (χ2v) is 6.03. The van der Waals surface area contributed by atoms with Crippen molar-refractivity contribution in [1.82, 2.24) is 4.90 Å². The zero-order chi connectivity index (χ0) is 18.8. The number of benzene rings is 1. The Morgan fingerprint density at radius 3 is 3.00 bits per heavy atom. The van der Waals surface area contributed by atoms with Crippen LogP contribution < -0.4 is 4.74 Å². The van der Waals surface area contributed by atoms with Crippen LogP contribution in [0.5, 0.6) is 5.75 Å². The zero-order valence-corrected chi connectivity index (χ0v) is 14.9. The number of methoxy groups -OCH3 is 1. The van der Waals surface area contributed by atoms with E-state index in [2.05, 4.69) is 4.90 Å². The van der Waals surface area contributed by atoms with Gasteiger partial charge in [-0.25, -0.2) is 9.59 Å². The molecule has 0 radical (unpaired) electrons. The van der Waals surface area contributed by atoms with Crippen LogP contribution in [-0.4, -0.2) is 68.0 Å². The summed E-state index contributed by atoms with van der Waals surface area (Å²) in [6.07, 6.45) is 5.16. The number of carbonyl (C=O) groups excluding carboxylic acids is 1. The lowest BCUT2D eigenvalue weighted by molar-refractivity contribution is -0.167. The SMILES string of the molecule is COc1cccc(/C=C/COCCCN2CCC(OC(=O)C(=O)O)C2)c1. The number of rotatable bonds is 9. The van der Waals surface area contributed by atoms with Gasteiger partial charge in [0.1, 0.15) is 11.9 Å². The van der Waals surface area contributed by atoms with E-state index in [1.165, 1.54) is 0 Å². The maximum Gasteiger partial charge on any atom is 0.417 e. The Labute approximate surface area is 153 Å². The molecule has 1 fully saturated rings. The van der Waals surface area contributed by atoms with Gasteiger partial charge in [0.15, 0.2) is 0 Å². The first-order valence-electron chi connectivity index (χ1n) is 8.63. The lowest BCUT2D eigenvalue weighted by Crippen LogP contribution is -2.28. The van der Waals surface area contributed by atoms with Gasteiger partial charge < -0.3 is 19.3 Å². The summed E-state index contributed by atoms with van der Waals surface area (Å²) < 4.78 is 15.7. The van der Waals surface area contributed by atoms with Gasteiger partial charge in [-0.2, -0.15) is 0 Å². The molecule has 7 nitrogen and oxygen atoms in total. The van der Waals surface area contributed by atoms with Gasteiger partial charge in [0, 0.05) is 26.2 Å². The number of likely N-dealkylation sites (tertiary alicyclic amines) is 1. The number of carboxylic acids is 1. The summed E-state index contributed by atoms with van der Waals surface area (Å²) in [7, 11) is 1.64. The van der Waals surface area contributed by atoms with E-state index < -0.39 is 11.9 Å². The summed E-state index contributed by atoms with van der Waals surface area (Å²) in [4.78, 5) is 23.7. The van der Waals surface area contributed by atoms with Gasteiger partial charge in [-0.3, -0.25) is 4.90 Å². The van der Waals surface area contributed by atoms with Crippen molar-refractivity contribution < 1.29 is 28.9 Å². The van der Waals surface area contributed by atoms with Crippen molar-refractivity contribution >= 4 is 18.0 Å². The molecule has 1 aromatic carbocycles. The van der Waals surface area contributed by atoms with E-state index in [0.717, 1.165) is 30.8 Å². The highest BCUT2D eigenvalue weighted by Gasteiger charge is 2.27. The normalized spacial score (nSPS) is 17.5. The number of hydrogen-bond acceptors (Lipinski definition) is 6. The molecule has 1 aliphatic heterocycles.